The number of ether oxygens (including phenoxy) is 1. The van der Waals surface area contributed by atoms with Gasteiger partial charge in [-0.15, -0.1) is 11.3 Å². The number of aryl methyl sites for hydroxylation is 1. The van der Waals surface area contributed by atoms with Crippen molar-refractivity contribution in [2.24, 2.45) is 5.41 Å². The maximum atomic E-state index is 12.9. The van der Waals surface area contributed by atoms with Gasteiger partial charge in [-0.1, -0.05) is 25.0 Å². The molecule has 6 nitrogen and oxygen atoms in total. The number of benzene rings is 1. The zero-order valence-corrected chi connectivity index (χ0v) is 19.0. The molecule has 1 aromatic carbocycles. The Morgan fingerprint density at radius 1 is 1.19 bits per heavy atom. The third-order valence-electron chi connectivity index (χ3n) is 6.54. The van der Waals surface area contributed by atoms with Gasteiger partial charge in [-0.25, -0.2) is 4.98 Å². The summed E-state index contributed by atoms with van der Waals surface area (Å²) in [6, 6.07) is 7.46. The largest absolute Gasteiger partial charge is 0.493 e. The Kier molecular flexibility index (Phi) is 6.90. The molecule has 1 N–H and O–H groups in total. The van der Waals surface area contributed by atoms with Gasteiger partial charge >= 0.3 is 0 Å². The Hall–Kier alpha value is -2.41. The molecule has 2 aliphatic heterocycles. The van der Waals surface area contributed by atoms with Crippen molar-refractivity contribution in [2.45, 2.75) is 51.9 Å². The van der Waals surface area contributed by atoms with Gasteiger partial charge in [0.2, 0.25) is 5.91 Å². The molecule has 31 heavy (non-hydrogen) atoms. The lowest BCUT2D eigenvalue weighted by Gasteiger charge is -2.42. The van der Waals surface area contributed by atoms with E-state index in [0.29, 0.717) is 30.9 Å². The number of fused-ring (bicyclic) bond motifs is 1. The Morgan fingerprint density at radius 2 is 2.00 bits per heavy atom. The third kappa shape index (κ3) is 5.45. The van der Waals surface area contributed by atoms with E-state index in [-0.39, 0.29) is 17.2 Å². The average Bonchev–Trinajstić information content (AvgIpc) is 3.19. The van der Waals surface area contributed by atoms with E-state index in [0.717, 1.165) is 62.3 Å². The number of likely N-dealkylation sites (tertiary alicyclic amines) is 1. The highest BCUT2D eigenvalue weighted by molar-refractivity contribution is 7.09. The Labute approximate surface area is 188 Å². The van der Waals surface area contributed by atoms with Crippen LogP contribution in [0.3, 0.4) is 0 Å². The van der Waals surface area contributed by atoms with Gasteiger partial charge in [0, 0.05) is 25.0 Å². The number of hydrogen-bond donors (Lipinski definition) is 1. The summed E-state index contributed by atoms with van der Waals surface area (Å²) in [6.45, 7) is 4.74. The van der Waals surface area contributed by atoms with Crippen LogP contribution >= 0.6 is 11.3 Å². The van der Waals surface area contributed by atoms with E-state index < -0.39 is 0 Å². The van der Waals surface area contributed by atoms with Crippen LogP contribution in [0.4, 0.5) is 0 Å². The maximum Gasteiger partial charge on any atom is 0.255 e. The molecule has 0 atom stereocenters. The van der Waals surface area contributed by atoms with Gasteiger partial charge in [0.15, 0.2) is 0 Å². The molecule has 2 aliphatic rings. The second-order valence-corrected chi connectivity index (χ2v) is 9.82. The normalized spacial score (nSPS) is 19.5. The van der Waals surface area contributed by atoms with Crippen LogP contribution in [0.15, 0.2) is 29.6 Å². The molecular weight excluding hydrogens is 410 g/mol. The number of para-hydroxylation sites is 1. The molecule has 2 amide bonds. The fourth-order valence-corrected chi connectivity index (χ4v) is 5.22. The summed E-state index contributed by atoms with van der Waals surface area (Å²) in [6.07, 6.45) is 6.52. The number of hydrogen-bond acceptors (Lipinski definition) is 5. The number of thiazole rings is 1. The van der Waals surface area contributed by atoms with Crippen LogP contribution in [-0.4, -0.2) is 47.9 Å². The predicted molar refractivity (Wildman–Crippen MR) is 122 cm³/mol. The van der Waals surface area contributed by atoms with Crippen molar-refractivity contribution < 1.29 is 14.3 Å². The first kappa shape index (κ1) is 21.8. The lowest BCUT2D eigenvalue weighted by atomic mass is 9.74. The lowest BCUT2D eigenvalue weighted by molar-refractivity contribution is -0.132. The zero-order chi connectivity index (χ0) is 21.7. The van der Waals surface area contributed by atoms with Crippen LogP contribution in [0.5, 0.6) is 5.75 Å². The standard InChI is InChI=1S/C24H31N3O3S/c1-18-26-19(16-31-18)15-22(28)27-12-10-24(11-13-27)9-5-2-6-14-30-21-8-4-3-7-20(21)23(29)25-17-24/h3-4,7-8,16H,2,5-6,9-15,17H2,1H3,(H,25,29). The van der Waals surface area contributed by atoms with Crippen molar-refractivity contribution in [2.75, 3.05) is 26.2 Å². The Morgan fingerprint density at radius 3 is 2.77 bits per heavy atom. The molecule has 2 aromatic rings. The summed E-state index contributed by atoms with van der Waals surface area (Å²) in [5, 5.41) is 6.14. The van der Waals surface area contributed by atoms with E-state index in [1.807, 2.05) is 41.5 Å². The molecule has 0 radical (unpaired) electrons. The Balaban J connectivity index is 1.40. The first-order valence-corrected chi connectivity index (χ1v) is 12.1. The summed E-state index contributed by atoms with van der Waals surface area (Å²) in [5.41, 5.74) is 1.52. The van der Waals surface area contributed by atoms with E-state index in [1.54, 1.807) is 11.3 Å². The highest BCUT2D eigenvalue weighted by Gasteiger charge is 2.36. The van der Waals surface area contributed by atoms with Gasteiger partial charge in [0.1, 0.15) is 5.75 Å². The molecule has 166 valence electrons. The minimum atomic E-state index is -0.0760. The quantitative estimate of drug-likeness (QED) is 0.765. The minimum Gasteiger partial charge on any atom is -0.493 e. The van der Waals surface area contributed by atoms with Crippen molar-refractivity contribution in [1.29, 1.82) is 0 Å². The van der Waals surface area contributed by atoms with Crippen LogP contribution in [0.2, 0.25) is 0 Å². The molecule has 4 rings (SSSR count). The van der Waals surface area contributed by atoms with Crippen molar-refractivity contribution in [3.05, 3.63) is 45.9 Å². The van der Waals surface area contributed by atoms with Crippen molar-refractivity contribution in [3.8, 4) is 5.75 Å². The molecule has 7 heteroatoms. The molecule has 0 unspecified atom stereocenters. The van der Waals surface area contributed by atoms with Crippen LogP contribution in [-0.2, 0) is 11.2 Å². The molecule has 1 aromatic heterocycles. The molecular formula is C24H31N3O3S. The van der Waals surface area contributed by atoms with E-state index in [2.05, 4.69) is 10.3 Å². The number of rotatable bonds is 2. The highest BCUT2D eigenvalue weighted by Crippen LogP contribution is 2.37. The first-order valence-electron chi connectivity index (χ1n) is 11.2. The topological polar surface area (TPSA) is 71.5 Å². The number of nitrogens with one attached hydrogen (secondary N) is 1. The smallest absolute Gasteiger partial charge is 0.255 e. The van der Waals surface area contributed by atoms with Crippen molar-refractivity contribution in [1.82, 2.24) is 15.2 Å². The Bertz CT molecular complexity index is 918. The van der Waals surface area contributed by atoms with Crippen molar-refractivity contribution >= 4 is 23.2 Å². The fraction of sp³-hybridized carbons (Fsp3) is 0.542. The molecule has 0 aliphatic carbocycles. The lowest BCUT2D eigenvalue weighted by Crippen LogP contribution is -2.48. The molecule has 1 saturated heterocycles. The number of nitrogens with zero attached hydrogens (tertiary/aromatic N) is 2. The third-order valence-corrected chi connectivity index (χ3v) is 7.36. The molecule has 0 bridgehead atoms. The van der Waals surface area contributed by atoms with Gasteiger partial charge in [-0.3, -0.25) is 9.59 Å². The van der Waals surface area contributed by atoms with E-state index in [9.17, 15) is 9.59 Å². The second kappa shape index (κ2) is 9.81. The summed E-state index contributed by atoms with van der Waals surface area (Å²) in [4.78, 5) is 32.0. The molecule has 1 fully saturated rings. The first-order chi connectivity index (χ1) is 15.0. The van der Waals surface area contributed by atoms with E-state index in [1.165, 1.54) is 0 Å². The summed E-state index contributed by atoms with van der Waals surface area (Å²) in [5.74, 6) is 0.740. The molecule has 1 spiro atoms. The molecule has 3 heterocycles. The van der Waals surface area contributed by atoms with E-state index >= 15 is 0 Å². The fourth-order valence-electron chi connectivity index (χ4n) is 4.61. The van der Waals surface area contributed by atoms with E-state index in [4.69, 9.17) is 4.74 Å². The number of piperidine rings is 1. The maximum absolute atomic E-state index is 12.9. The van der Waals surface area contributed by atoms with Gasteiger partial charge in [0.05, 0.1) is 29.3 Å². The van der Waals surface area contributed by atoms with Crippen LogP contribution in [0.25, 0.3) is 0 Å². The van der Waals surface area contributed by atoms with Gasteiger partial charge in [-0.2, -0.15) is 0 Å². The highest BCUT2D eigenvalue weighted by atomic mass is 32.1. The monoisotopic (exact) mass is 441 g/mol. The number of carbonyl (C=O) groups excluding carboxylic acids is 2. The average molecular weight is 442 g/mol. The molecule has 0 saturated carbocycles. The van der Waals surface area contributed by atoms with Crippen LogP contribution in [0, 0.1) is 12.3 Å². The summed E-state index contributed by atoms with van der Waals surface area (Å²) >= 11 is 1.59. The summed E-state index contributed by atoms with van der Waals surface area (Å²) < 4.78 is 5.85. The second-order valence-electron chi connectivity index (χ2n) is 8.75. The predicted octanol–water partition coefficient (Wildman–Crippen LogP) is 3.99. The van der Waals surface area contributed by atoms with Crippen LogP contribution < -0.4 is 10.1 Å². The minimum absolute atomic E-state index is 0.0542. The number of amides is 2. The van der Waals surface area contributed by atoms with Gasteiger partial charge in [0.25, 0.3) is 5.91 Å². The van der Waals surface area contributed by atoms with Crippen LogP contribution in [0.1, 0.15) is 59.6 Å². The van der Waals surface area contributed by atoms with Crippen molar-refractivity contribution in [3.63, 3.8) is 0 Å². The number of aromatic nitrogens is 1. The zero-order valence-electron chi connectivity index (χ0n) is 18.2. The summed E-state index contributed by atoms with van der Waals surface area (Å²) in [7, 11) is 0. The SMILES string of the molecule is Cc1nc(CC(=O)N2CCC3(CCCCCOc4ccccc4C(=O)NC3)CC2)cs1. The van der Waals surface area contributed by atoms with Gasteiger partial charge in [-0.05, 0) is 50.2 Å². The van der Waals surface area contributed by atoms with Gasteiger partial charge < -0.3 is 15.0 Å². The number of carbonyl (C=O) groups is 2.